The molecule has 0 spiro atoms. The second-order valence-electron chi connectivity index (χ2n) is 13.4. The van der Waals surface area contributed by atoms with Crippen LogP contribution in [0.25, 0.3) is 0 Å². The molecule has 6 rings (SSSR count). The van der Waals surface area contributed by atoms with Crippen LogP contribution in [0.5, 0.6) is 0 Å². The van der Waals surface area contributed by atoms with Crippen molar-refractivity contribution in [2.75, 3.05) is 71.4 Å². The van der Waals surface area contributed by atoms with Gasteiger partial charge in [0.15, 0.2) is 0 Å². The molecule has 2 N–H and O–H groups in total. The van der Waals surface area contributed by atoms with E-state index in [1.807, 2.05) is 30.3 Å². The molecule has 2 aromatic rings. The number of nitrogens with one attached hydrogen (secondary N) is 2. The van der Waals surface area contributed by atoms with Gasteiger partial charge in [-0.25, -0.2) is 9.18 Å². The molecule has 0 aromatic heterocycles. The zero-order chi connectivity index (χ0) is 30.7. The highest BCUT2D eigenvalue weighted by Crippen LogP contribution is 2.51. The Morgan fingerprint density at radius 2 is 1.70 bits per heavy atom. The summed E-state index contributed by atoms with van der Waals surface area (Å²) in [4.78, 5) is 31.9. The van der Waals surface area contributed by atoms with Crippen LogP contribution in [0.1, 0.15) is 54.4 Å². The van der Waals surface area contributed by atoms with Gasteiger partial charge in [0.2, 0.25) is 0 Å². The second-order valence-corrected chi connectivity index (χ2v) is 13.4. The van der Waals surface area contributed by atoms with Crippen LogP contribution in [0.4, 0.5) is 14.9 Å². The van der Waals surface area contributed by atoms with Crippen LogP contribution in [0, 0.1) is 23.6 Å². The third-order valence-corrected chi connectivity index (χ3v) is 11.0. The fourth-order valence-electron chi connectivity index (χ4n) is 8.60. The molecule has 2 aromatic carbocycles. The van der Waals surface area contributed by atoms with E-state index in [1.54, 1.807) is 19.2 Å². The zero-order valence-electron chi connectivity index (χ0n) is 26.3. The van der Waals surface area contributed by atoms with Crippen LogP contribution in [0.3, 0.4) is 0 Å². The van der Waals surface area contributed by atoms with E-state index in [-0.39, 0.29) is 35.2 Å². The molecular formula is C35H48FN5O3. The number of alkyl carbamates (subject to hydrolysis) is 1. The maximum absolute atomic E-state index is 14.9. The smallest absolute Gasteiger partial charge is 0.407 e. The van der Waals surface area contributed by atoms with Gasteiger partial charge >= 0.3 is 6.09 Å². The van der Waals surface area contributed by atoms with Crippen molar-refractivity contribution in [3.05, 3.63) is 65.5 Å². The van der Waals surface area contributed by atoms with Gasteiger partial charge in [0.05, 0.1) is 7.11 Å². The Hall–Kier alpha value is -3.17. The normalized spacial score (nSPS) is 24.7. The molecule has 44 heavy (non-hydrogen) atoms. The fraction of sp³-hybridized carbons (Fsp3) is 0.600. The number of carbonyl (C=O) groups excluding carboxylic acids is 2. The second kappa shape index (κ2) is 13.4. The van der Waals surface area contributed by atoms with E-state index in [1.165, 1.54) is 19.2 Å². The Kier molecular flexibility index (Phi) is 9.42. The Balaban J connectivity index is 1.15. The molecule has 3 atom stereocenters. The molecule has 3 heterocycles. The standard InChI is InChI=1S/C35H48FN5O3/c1-37-33(42)26-10-12-30(13-11-26)41-22-25(23-41)21-39-18-14-27(15-19-39)35(24-40-16-5-17-40,28-6-3-7-29(36)20-28)31-8-4-9-32(31)38-34(43)44-2/h3,6-7,10-13,20,25,27,31-32H,4-5,8-9,14-19,21-24H2,1-2H3,(H,37,42)(H,38,43)/t31-,32-,35-/m0/s1. The van der Waals surface area contributed by atoms with Crippen molar-refractivity contribution < 1.29 is 18.7 Å². The Labute approximate surface area is 261 Å². The van der Waals surface area contributed by atoms with Crippen molar-refractivity contribution >= 4 is 17.7 Å². The zero-order valence-corrected chi connectivity index (χ0v) is 26.3. The summed E-state index contributed by atoms with van der Waals surface area (Å²) in [6, 6.07) is 15.3. The van der Waals surface area contributed by atoms with Crippen LogP contribution in [0.2, 0.25) is 0 Å². The van der Waals surface area contributed by atoms with Crippen molar-refractivity contribution in [3.8, 4) is 0 Å². The molecule has 238 valence electrons. The average molecular weight is 606 g/mol. The number of piperidine rings is 1. The number of hydrogen-bond donors (Lipinski definition) is 2. The molecule has 3 aliphatic heterocycles. The molecule has 8 nitrogen and oxygen atoms in total. The van der Waals surface area contributed by atoms with E-state index in [0.717, 1.165) is 90.0 Å². The topological polar surface area (TPSA) is 77.2 Å². The molecule has 0 radical (unpaired) electrons. The molecule has 0 bridgehead atoms. The summed E-state index contributed by atoms with van der Waals surface area (Å²) in [5.41, 5.74) is 2.73. The van der Waals surface area contributed by atoms with Crippen LogP contribution in [0.15, 0.2) is 48.5 Å². The summed E-state index contributed by atoms with van der Waals surface area (Å²) in [6.45, 7) is 8.33. The SMILES string of the molecule is CNC(=O)c1ccc(N2CC(CN3CCC([C@@](CN4CCC4)(c4cccc(F)c4)[C@H]4CCC[C@@H]4NC(=O)OC)CC3)C2)cc1. The summed E-state index contributed by atoms with van der Waals surface area (Å²) in [5.74, 6) is 1.03. The Morgan fingerprint density at radius 3 is 2.34 bits per heavy atom. The van der Waals surface area contributed by atoms with Crippen molar-refractivity contribution in [2.24, 2.45) is 17.8 Å². The van der Waals surface area contributed by atoms with Gasteiger partial charge in [-0.2, -0.15) is 0 Å². The average Bonchev–Trinajstić information content (AvgIpc) is 3.47. The minimum atomic E-state index is -0.370. The first-order valence-corrected chi connectivity index (χ1v) is 16.5. The van der Waals surface area contributed by atoms with Gasteiger partial charge in [0, 0.05) is 61.9 Å². The molecular weight excluding hydrogens is 557 g/mol. The molecule has 2 amide bonds. The first kappa shape index (κ1) is 30.8. The molecule has 0 unspecified atom stereocenters. The highest BCUT2D eigenvalue weighted by atomic mass is 19.1. The number of benzene rings is 2. The number of nitrogens with zero attached hydrogens (tertiary/aromatic N) is 3. The van der Waals surface area contributed by atoms with Crippen LogP contribution in [-0.2, 0) is 10.2 Å². The van der Waals surface area contributed by atoms with E-state index >= 15 is 0 Å². The Bertz CT molecular complexity index is 1290. The number of hydrogen-bond acceptors (Lipinski definition) is 6. The van der Waals surface area contributed by atoms with Crippen molar-refractivity contribution in [3.63, 3.8) is 0 Å². The molecule has 1 aliphatic carbocycles. The predicted octanol–water partition coefficient (Wildman–Crippen LogP) is 4.50. The molecule has 3 saturated heterocycles. The van der Waals surface area contributed by atoms with Gasteiger partial charge in [-0.1, -0.05) is 18.6 Å². The van der Waals surface area contributed by atoms with Crippen molar-refractivity contribution in [1.82, 2.24) is 20.4 Å². The predicted molar refractivity (Wildman–Crippen MR) is 171 cm³/mol. The molecule has 4 aliphatic rings. The number of amides is 2. The van der Waals surface area contributed by atoms with Crippen LogP contribution < -0.4 is 15.5 Å². The third-order valence-electron chi connectivity index (χ3n) is 11.0. The quantitative estimate of drug-likeness (QED) is 0.416. The van der Waals surface area contributed by atoms with Crippen LogP contribution in [-0.4, -0.2) is 94.4 Å². The largest absolute Gasteiger partial charge is 0.453 e. The minimum absolute atomic E-state index is 0.0244. The maximum atomic E-state index is 14.9. The third kappa shape index (κ3) is 6.31. The van der Waals surface area contributed by atoms with Gasteiger partial charge in [-0.3, -0.25) is 4.79 Å². The van der Waals surface area contributed by atoms with E-state index < -0.39 is 0 Å². The Morgan fingerprint density at radius 1 is 0.955 bits per heavy atom. The fourth-order valence-corrected chi connectivity index (χ4v) is 8.60. The van der Waals surface area contributed by atoms with Gasteiger partial charge in [-0.05, 0) is 112 Å². The van der Waals surface area contributed by atoms with Crippen molar-refractivity contribution in [2.45, 2.75) is 50.0 Å². The lowest BCUT2D eigenvalue weighted by molar-refractivity contribution is 0.0223. The lowest BCUT2D eigenvalue weighted by Gasteiger charge is -2.54. The summed E-state index contributed by atoms with van der Waals surface area (Å²) < 4.78 is 19.9. The molecule has 1 saturated carbocycles. The molecule has 9 heteroatoms. The highest BCUT2D eigenvalue weighted by Gasteiger charge is 2.53. The number of anilines is 1. The van der Waals surface area contributed by atoms with E-state index in [0.29, 0.717) is 17.4 Å². The minimum Gasteiger partial charge on any atom is -0.453 e. The summed E-state index contributed by atoms with van der Waals surface area (Å²) in [6.07, 6.45) is 6.01. The lowest BCUT2D eigenvalue weighted by atomic mass is 9.57. The van der Waals surface area contributed by atoms with Gasteiger partial charge < -0.3 is 30.1 Å². The number of ether oxygens (including phenoxy) is 1. The number of rotatable bonds is 10. The number of likely N-dealkylation sites (tertiary alicyclic amines) is 2. The monoisotopic (exact) mass is 605 g/mol. The summed E-state index contributed by atoms with van der Waals surface area (Å²) in [5, 5.41) is 5.87. The number of carbonyl (C=O) groups is 2. The van der Waals surface area contributed by atoms with E-state index in [2.05, 4.69) is 31.4 Å². The van der Waals surface area contributed by atoms with Gasteiger partial charge in [0.25, 0.3) is 5.91 Å². The summed E-state index contributed by atoms with van der Waals surface area (Å²) >= 11 is 0. The summed E-state index contributed by atoms with van der Waals surface area (Å²) in [7, 11) is 3.08. The van der Waals surface area contributed by atoms with Crippen LogP contribution >= 0.6 is 0 Å². The maximum Gasteiger partial charge on any atom is 0.407 e. The first-order valence-electron chi connectivity index (χ1n) is 16.5. The van der Waals surface area contributed by atoms with Gasteiger partial charge in [-0.15, -0.1) is 0 Å². The molecule has 4 fully saturated rings. The van der Waals surface area contributed by atoms with Gasteiger partial charge in [0.1, 0.15) is 5.82 Å². The van der Waals surface area contributed by atoms with Crippen molar-refractivity contribution in [1.29, 1.82) is 0 Å². The van der Waals surface area contributed by atoms with E-state index in [4.69, 9.17) is 4.74 Å². The first-order chi connectivity index (χ1) is 21.4. The number of methoxy groups -OCH3 is 1. The lowest BCUT2D eigenvalue weighted by Crippen LogP contribution is -2.60. The number of halogens is 1. The van der Waals surface area contributed by atoms with E-state index in [9.17, 15) is 14.0 Å². The highest BCUT2D eigenvalue weighted by molar-refractivity contribution is 5.94.